The number of ether oxygens (including phenoxy) is 2. The van der Waals surface area contributed by atoms with Crippen molar-refractivity contribution in [3.05, 3.63) is 59.8 Å². The number of nitrogens with one attached hydrogen (secondary N) is 1. The Morgan fingerprint density at radius 2 is 1.75 bits per heavy atom. The molecular formula is C28H35N5O3. The van der Waals surface area contributed by atoms with Gasteiger partial charge in [0.1, 0.15) is 17.3 Å². The molecule has 2 amide bonds. The van der Waals surface area contributed by atoms with E-state index in [1.54, 1.807) is 32.4 Å². The molecule has 4 rings (SSSR count). The molecule has 1 N–H and O–H groups in total. The lowest BCUT2D eigenvalue weighted by Crippen LogP contribution is -2.38. The lowest BCUT2D eigenvalue weighted by atomic mass is 10.0. The van der Waals surface area contributed by atoms with E-state index in [-0.39, 0.29) is 11.9 Å². The van der Waals surface area contributed by atoms with Gasteiger partial charge in [0.2, 0.25) is 0 Å². The summed E-state index contributed by atoms with van der Waals surface area (Å²) in [5.74, 6) is 3.22. The van der Waals surface area contributed by atoms with Gasteiger partial charge in [-0.1, -0.05) is 44.2 Å². The molecular weight excluding hydrogens is 454 g/mol. The Bertz CT molecular complexity index is 1200. The van der Waals surface area contributed by atoms with Crippen molar-refractivity contribution >= 4 is 17.5 Å². The van der Waals surface area contributed by atoms with Gasteiger partial charge in [-0.25, -0.2) is 14.8 Å². The highest BCUT2D eigenvalue weighted by Crippen LogP contribution is 2.32. The number of amides is 2. The van der Waals surface area contributed by atoms with Crippen molar-refractivity contribution in [1.82, 2.24) is 14.9 Å². The average molecular weight is 490 g/mol. The van der Waals surface area contributed by atoms with Crippen molar-refractivity contribution in [1.29, 1.82) is 0 Å². The van der Waals surface area contributed by atoms with Crippen molar-refractivity contribution in [2.24, 2.45) is 0 Å². The smallest absolute Gasteiger partial charge is 0.322 e. The van der Waals surface area contributed by atoms with Gasteiger partial charge in [-0.2, -0.15) is 0 Å². The van der Waals surface area contributed by atoms with Crippen LogP contribution in [-0.4, -0.2) is 61.3 Å². The van der Waals surface area contributed by atoms with Crippen molar-refractivity contribution in [3.63, 3.8) is 0 Å². The quantitative estimate of drug-likeness (QED) is 0.504. The highest BCUT2D eigenvalue weighted by Gasteiger charge is 2.25. The molecule has 0 unspecified atom stereocenters. The van der Waals surface area contributed by atoms with Crippen LogP contribution in [0.15, 0.2) is 48.5 Å². The molecule has 0 atom stereocenters. The van der Waals surface area contributed by atoms with Crippen molar-refractivity contribution in [2.45, 2.75) is 33.1 Å². The Balaban J connectivity index is 1.54. The van der Waals surface area contributed by atoms with Crippen LogP contribution in [0.4, 0.5) is 16.3 Å². The Morgan fingerprint density at radius 3 is 2.44 bits per heavy atom. The van der Waals surface area contributed by atoms with Crippen LogP contribution in [-0.2, 0) is 0 Å². The average Bonchev–Trinajstić information content (AvgIpc) is 3.15. The van der Waals surface area contributed by atoms with Gasteiger partial charge in [0.15, 0.2) is 5.82 Å². The first-order valence-corrected chi connectivity index (χ1v) is 12.4. The number of hydrogen-bond donors (Lipinski definition) is 1. The van der Waals surface area contributed by atoms with Crippen LogP contribution in [0.5, 0.6) is 11.5 Å². The normalized spacial score (nSPS) is 13.9. The van der Waals surface area contributed by atoms with Gasteiger partial charge in [-0.15, -0.1) is 0 Å². The molecule has 36 heavy (non-hydrogen) atoms. The number of aromatic nitrogens is 2. The number of urea groups is 1. The summed E-state index contributed by atoms with van der Waals surface area (Å²) in [4.78, 5) is 27.2. The number of aryl methyl sites for hydroxylation is 1. The van der Waals surface area contributed by atoms with E-state index in [0.717, 1.165) is 41.4 Å². The zero-order valence-electron chi connectivity index (χ0n) is 21.7. The first-order chi connectivity index (χ1) is 17.4. The number of methoxy groups -OCH3 is 2. The third kappa shape index (κ3) is 5.53. The van der Waals surface area contributed by atoms with E-state index in [1.807, 2.05) is 35.2 Å². The molecule has 1 aromatic heterocycles. The van der Waals surface area contributed by atoms with E-state index >= 15 is 0 Å². The van der Waals surface area contributed by atoms with E-state index in [0.29, 0.717) is 36.8 Å². The lowest BCUT2D eigenvalue weighted by Gasteiger charge is -2.27. The van der Waals surface area contributed by atoms with E-state index < -0.39 is 0 Å². The number of rotatable bonds is 6. The standard InChI is InChI=1S/C28H35N5O3/c1-19(2)25-20(3)29-26(21-10-7-6-8-11-21)31-27(25)32-14-9-15-33(17-16-32)28(34)30-23-13-12-22(35-4)18-24(23)36-5/h6-8,10-13,18-19H,9,14-17H2,1-5H3,(H,30,34). The van der Waals surface area contributed by atoms with Gasteiger partial charge in [0.05, 0.1) is 19.9 Å². The summed E-state index contributed by atoms with van der Waals surface area (Å²) >= 11 is 0. The molecule has 1 saturated heterocycles. The molecule has 0 saturated carbocycles. The maximum atomic E-state index is 13.1. The highest BCUT2D eigenvalue weighted by atomic mass is 16.5. The number of nitrogens with zero attached hydrogens (tertiary/aromatic N) is 4. The fourth-order valence-corrected chi connectivity index (χ4v) is 4.63. The van der Waals surface area contributed by atoms with Crippen molar-refractivity contribution < 1.29 is 14.3 Å². The van der Waals surface area contributed by atoms with Crippen molar-refractivity contribution in [2.75, 3.05) is 50.6 Å². The zero-order valence-corrected chi connectivity index (χ0v) is 21.7. The predicted molar refractivity (Wildman–Crippen MR) is 143 cm³/mol. The molecule has 0 radical (unpaired) electrons. The Hall–Kier alpha value is -3.81. The number of benzene rings is 2. The molecule has 1 aliphatic heterocycles. The van der Waals surface area contributed by atoms with E-state index in [9.17, 15) is 4.79 Å². The van der Waals surface area contributed by atoms with E-state index in [2.05, 4.69) is 31.0 Å². The number of hydrogen-bond acceptors (Lipinski definition) is 6. The molecule has 8 heteroatoms. The summed E-state index contributed by atoms with van der Waals surface area (Å²) in [7, 11) is 3.18. The zero-order chi connectivity index (χ0) is 25.7. The lowest BCUT2D eigenvalue weighted by molar-refractivity contribution is 0.215. The third-order valence-electron chi connectivity index (χ3n) is 6.46. The van der Waals surface area contributed by atoms with Gasteiger partial charge < -0.3 is 24.6 Å². The molecule has 2 heterocycles. The SMILES string of the molecule is COc1ccc(NC(=O)N2CCCN(c3nc(-c4ccccc4)nc(C)c3C(C)C)CC2)c(OC)c1. The van der Waals surface area contributed by atoms with Crippen LogP contribution in [0.2, 0.25) is 0 Å². The Kier molecular flexibility index (Phi) is 7.93. The first kappa shape index (κ1) is 25.3. The molecule has 2 aromatic carbocycles. The topological polar surface area (TPSA) is 79.8 Å². The molecule has 0 spiro atoms. The predicted octanol–water partition coefficient (Wildman–Crippen LogP) is 5.34. The van der Waals surface area contributed by atoms with E-state index in [4.69, 9.17) is 19.4 Å². The summed E-state index contributed by atoms with van der Waals surface area (Å²) in [6, 6.07) is 15.3. The van der Waals surface area contributed by atoms with Crippen LogP contribution in [0.1, 0.15) is 37.4 Å². The van der Waals surface area contributed by atoms with E-state index in [1.165, 1.54) is 0 Å². The summed E-state index contributed by atoms with van der Waals surface area (Å²) in [6.45, 7) is 9.18. The van der Waals surface area contributed by atoms with Crippen LogP contribution in [0.25, 0.3) is 11.4 Å². The van der Waals surface area contributed by atoms with Gasteiger partial charge in [0, 0.05) is 49.1 Å². The first-order valence-electron chi connectivity index (χ1n) is 12.4. The largest absolute Gasteiger partial charge is 0.497 e. The Morgan fingerprint density at radius 1 is 0.972 bits per heavy atom. The van der Waals surface area contributed by atoms with Crippen LogP contribution in [0.3, 0.4) is 0 Å². The summed E-state index contributed by atoms with van der Waals surface area (Å²) in [5, 5.41) is 3.00. The van der Waals surface area contributed by atoms with Crippen LogP contribution >= 0.6 is 0 Å². The second-order valence-electron chi connectivity index (χ2n) is 9.21. The highest BCUT2D eigenvalue weighted by molar-refractivity contribution is 5.91. The molecule has 0 bridgehead atoms. The van der Waals surface area contributed by atoms with Gasteiger partial charge in [-0.3, -0.25) is 0 Å². The summed E-state index contributed by atoms with van der Waals surface area (Å²) in [5.41, 5.74) is 3.78. The summed E-state index contributed by atoms with van der Waals surface area (Å²) in [6.07, 6.45) is 0.842. The third-order valence-corrected chi connectivity index (χ3v) is 6.46. The molecule has 8 nitrogen and oxygen atoms in total. The molecule has 1 aliphatic rings. The van der Waals surface area contributed by atoms with Gasteiger partial charge in [0.25, 0.3) is 0 Å². The second kappa shape index (κ2) is 11.3. The van der Waals surface area contributed by atoms with Gasteiger partial charge >= 0.3 is 6.03 Å². The van der Waals surface area contributed by atoms with Crippen LogP contribution in [0, 0.1) is 6.92 Å². The fraction of sp³-hybridized carbons (Fsp3) is 0.393. The van der Waals surface area contributed by atoms with Crippen LogP contribution < -0.4 is 19.7 Å². The molecule has 190 valence electrons. The summed E-state index contributed by atoms with van der Waals surface area (Å²) < 4.78 is 10.7. The van der Waals surface area contributed by atoms with Gasteiger partial charge in [-0.05, 0) is 31.4 Å². The maximum Gasteiger partial charge on any atom is 0.322 e. The minimum atomic E-state index is -0.145. The molecule has 0 aliphatic carbocycles. The second-order valence-corrected chi connectivity index (χ2v) is 9.21. The monoisotopic (exact) mass is 489 g/mol. The Labute approximate surface area is 213 Å². The number of carbonyl (C=O) groups is 1. The molecule has 1 fully saturated rings. The minimum Gasteiger partial charge on any atom is -0.497 e. The molecule has 3 aromatic rings. The maximum absolute atomic E-state index is 13.1. The number of anilines is 2. The fourth-order valence-electron chi connectivity index (χ4n) is 4.63. The van der Waals surface area contributed by atoms with Crippen molar-refractivity contribution in [3.8, 4) is 22.9 Å². The number of carbonyl (C=O) groups excluding carboxylic acids is 1. The minimum absolute atomic E-state index is 0.145.